The number of phenolic OH excluding ortho intramolecular Hbond substituents is 1. The number of carboxylic acids is 1. The Labute approximate surface area is 87.1 Å². The second-order valence-corrected chi connectivity index (χ2v) is 3.13. The van der Waals surface area contributed by atoms with E-state index in [2.05, 4.69) is 0 Å². The average molecular weight is 211 g/mol. The van der Waals surface area contributed by atoms with Crippen LogP contribution in [0.1, 0.15) is 18.0 Å². The zero-order valence-electron chi connectivity index (χ0n) is 8.30. The van der Waals surface area contributed by atoms with Gasteiger partial charge >= 0.3 is 5.97 Å². The van der Waals surface area contributed by atoms with Gasteiger partial charge in [-0.2, -0.15) is 0 Å². The summed E-state index contributed by atoms with van der Waals surface area (Å²) in [5.41, 5.74) is 6.01. The molecule has 0 aliphatic rings. The van der Waals surface area contributed by atoms with Crippen LogP contribution in [0.3, 0.4) is 0 Å². The van der Waals surface area contributed by atoms with Crippen molar-refractivity contribution < 1.29 is 19.7 Å². The molecule has 0 aliphatic carbocycles. The normalized spacial score (nSPS) is 12.1. The van der Waals surface area contributed by atoms with Crippen molar-refractivity contribution in [3.63, 3.8) is 0 Å². The molecule has 1 aromatic rings. The van der Waals surface area contributed by atoms with Crippen LogP contribution in [-0.2, 0) is 4.79 Å². The van der Waals surface area contributed by atoms with Crippen LogP contribution in [0.25, 0.3) is 0 Å². The summed E-state index contributed by atoms with van der Waals surface area (Å²) in [7, 11) is 1.48. The van der Waals surface area contributed by atoms with E-state index < -0.39 is 12.0 Å². The van der Waals surface area contributed by atoms with Crippen LogP contribution in [0, 0.1) is 0 Å². The van der Waals surface area contributed by atoms with E-state index in [-0.39, 0.29) is 12.2 Å². The number of hydrogen-bond donors (Lipinski definition) is 3. The molecule has 5 nitrogen and oxygen atoms in total. The highest BCUT2D eigenvalue weighted by molar-refractivity contribution is 5.68. The second-order valence-electron chi connectivity index (χ2n) is 3.13. The molecule has 82 valence electrons. The van der Waals surface area contributed by atoms with Gasteiger partial charge in [0.2, 0.25) is 0 Å². The molecular weight excluding hydrogens is 198 g/mol. The molecule has 0 aliphatic heterocycles. The number of nitrogens with two attached hydrogens (primary N) is 1. The van der Waals surface area contributed by atoms with E-state index in [9.17, 15) is 9.90 Å². The smallest absolute Gasteiger partial charge is 0.305 e. The van der Waals surface area contributed by atoms with Crippen molar-refractivity contribution >= 4 is 5.97 Å². The van der Waals surface area contributed by atoms with Crippen LogP contribution in [0.2, 0.25) is 0 Å². The van der Waals surface area contributed by atoms with Crippen molar-refractivity contribution in [3.8, 4) is 11.5 Å². The van der Waals surface area contributed by atoms with Crippen molar-refractivity contribution in [2.45, 2.75) is 12.5 Å². The quantitative estimate of drug-likeness (QED) is 0.687. The highest BCUT2D eigenvalue weighted by atomic mass is 16.5. The number of rotatable bonds is 4. The summed E-state index contributed by atoms with van der Waals surface area (Å²) >= 11 is 0. The van der Waals surface area contributed by atoms with Crippen molar-refractivity contribution in [2.75, 3.05) is 7.11 Å². The van der Waals surface area contributed by atoms with Gasteiger partial charge in [0.25, 0.3) is 0 Å². The molecule has 1 atom stereocenters. The Morgan fingerprint density at radius 3 is 2.73 bits per heavy atom. The van der Waals surface area contributed by atoms with Crippen LogP contribution in [0.15, 0.2) is 18.2 Å². The van der Waals surface area contributed by atoms with Crippen molar-refractivity contribution in [1.82, 2.24) is 0 Å². The topological polar surface area (TPSA) is 92.8 Å². The molecular formula is C10H13NO4. The summed E-state index contributed by atoms with van der Waals surface area (Å²) in [6.07, 6.45) is -0.222. The Balaban J connectivity index is 2.90. The highest BCUT2D eigenvalue weighted by Crippen LogP contribution is 2.28. The summed E-state index contributed by atoms with van der Waals surface area (Å²) in [4.78, 5) is 10.4. The molecule has 1 unspecified atom stereocenters. The molecule has 0 heterocycles. The minimum Gasteiger partial charge on any atom is -0.507 e. The second kappa shape index (κ2) is 4.65. The number of ether oxygens (including phenoxy) is 1. The molecule has 0 aromatic heterocycles. The number of phenols is 1. The monoisotopic (exact) mass is 211 g/mol. The largest absolute Gasteiger partial charge is 0.507 e. The maximum atomic E-state index is 10.4. The molecule has 0 bridgehead atoms. The first-order valence-corrected chi connectivity index (χ1v) is 4.39. The first-order chi connectivity index (χ1) is 7.04. The van der Waals surface area contributed by atoms with Gasteiger partial charge < -0.3 is 20.7 Å². The number of carbonyl (C=O) groups is 1. The Morgan fingerprint density at radius 1 is 1.60 bits per heavy atom. The zero-order chi connectivity index (χ0) is 11.4. The van der Waals surface area contributed by atoms with Gasteiger partial charge in [-0.1, -0.05) is 6.07 Å². The van der Waals surface area contributed by atoms with Crippen molar-refractivity contribution in [2.24, 2.45) is 5.73 Å². The van der Waals surface area contributed by atoms with Gasteiger partial charge in [-0.15, -0.1) is 0 Å². The van der Waals surface area contributed by atoms with Gasteiger partial charge in [0.15, 0.2) is 0 Å². The number of aliphatic carboxylic acids is 1. The lowest BCUT2D eigenvalue weighted by Gasteiger charge is -2.12. The first-order valence-electron chi connectivity index (χ1n) is 4.39. The molecule has 0 spiro atoms. The van der Waals surface area contributed by atoms with E-state index in [1.807, 2.05) is 0 Å². The van der Waals surface area contributed by atoms with Crippen LogP contribution in [0.5, 0.6) is 11.5 Å². The zero-order valence-corrected chi connectivity index (χ0v) is 8.30. The predicted molar refractivity (Wildman–Crippen MR) is 53.8 cm³/mol. The van der Waals surface area contributed by atoms with E-state index in [0.29, 0.717) is 11.3 Å². The van der Waals surface area contributed by atoms with E-state index in [1.54, 1.807) is 12.1 Å². The fraction of sp³-hybridized carbons (Fsp3) is 0.300. The lowest BCUT2D eigenvalue weighted by Crippen LogP contribution is -2.15. The fourth-order valence-electron chi connectivity index (χ4n) is 1.26. The lowest BCUT2D eigenvalue weighted by molar-refractivity contribution is -0.137. The van der Waals surface area contributed by atoms with Gasteiger partial charge in [-0.3, -0.25) is 4.79 Å². The molecule has 0 amide bonds. The Hall–Kier alpha value is -1.75. The summed E-state index contributed by atoms with van der Waals surface area (Å²) < 4.78 is 4.89. The molecule has 1 aromatic carbocycles. The minimum atomic E-state index is -1.00. The predicted octanol–water partition coefficient (Wildman–Crippen LogP) is 0.875. The molecule has 0 radical (unpaired) electrons. The standard InChI is InChI=1S/C10H13NO4/c1-15-6-2-3-7(9(12)4-6)8(11)5-10(13)14/h2-4,8,12H,5,11H2,1H3,(H,13,14). The van der Waals surface area contributed by atoms with E-state index in [0.717, 1.165) is 0 Å². The third-order valence-corrected chi connectivity index (χ3v) is 2.03. The number of methoxy groups -OCH3 is 1. The van der Waals surface area contributed by atoms with Crippen LogP contribution < -0.4 is 10.5 Å². The van der Waals surface area contributed by atoms with Gasteiger partial charge in [0.05, 0.1) is 13.5 Å². The van der Waals surface area contributed by atoms with Gasteiger partial charge in [0.1, 0.15) is 11.5 Å². The van der Waals surface area contributed by atoms with Crippen LogP contribution in [0.4, 0.5) is 0 Å². The molecule has 0 fully saturated rings. The van der Waals surface area contributed by atoms with E-state index in [1.165, 1.54) is 13.2 Å². The maximum absolute atomic E-state index is 10.4. The Morgan fingerprint density at radius 2 is 2.27 bits per heavy atom. The summed E-state index contributed by atoms with van der Waals surface area (Å²) in [5.74, 6) is -0.556. The third-order valence-electron chi connectivity index (χ3n) is 2.03. The van der Waals surface area contributed by atoms with E-state index >= 15 is 0 Å². The Bertz CT molecular complexity index is 364. The summed E-state index contributed by atoms with van der Waals surface area (Å²) in [6, 6.07) is 3.86. The van der Waals surface area contributed by atoms with Gasteiger partial charge in [-0.05, 0) is 6.07 Å². The van der Waals surface area contributed by atoms with Crippen molar-refractivity contribution in [3.05, 3.63) is 23.8 Å². The maximum Gasteiger partial charge on any atom is 0.305 e. The van der Waals surface area contributed by atoms with Crippen LogP contribution >= 0.6 is 0 Å². The number of hydrogen-bond acceptors (Lipinski definition) is 4. The molecule has 1 rings (SSSR count). The molecule has 15 heavy (non-hydrogen) atoms. The molecule has 5 heteroatoms. The molecule has 0 saturated carbocycles. The van der Waals surface area contributed by atoms with Gasteiger partial charge in [-0.25, -0.2) is 0 Å². The first kappa shape index (κ1) is 11.3. The lowest BCUT2D eigenvalue weighted by atomic mass is 10.0. The third kappa shape index (κ3) is 2.85. The summed E-state index contributed by atoms with van der Waals surface area (Å²) in [5, 5.41) is 18.1. The molecule has 4 N–H and O–H groups in total. The fourth-order valence-corrected chi connectivity index (χ4v) is 1.26. The van der Waals surface area contributed by atoms with Gasteiger partial charge in [0, 0.05) is 17.7 Å². The van der Waals surface area contributed by atoms with Crippen molar-refractivity contribution in [1.29, 1.82) is 0 Å². The number of carboxylic acid groups (broad SMARTS) is 1. The van der Waals surface area contributed by atoms with E-state index in [4.69, 9.17) is 15.6 Å². The number of aromatic hydroxyl groups is 1. The number of benzene rings is 1. The summed E-state index contributed by atoms with van der Waals surface area (Å²) in [6.45, 7) is 0. The van der Waals surface area contributed by atoms with Crippen LogP contribution in [-0.4, -0.2) is 23.3 Å². The highest BCUT2D eigenvalue weighted by Gasteiger charge is 2.14. The minimum absolute atomic E-state index is 0.0527. The Kier molecular flexibility index (Phi) is 3.51. The average Bonchev–Trinajstić information content (AvgIpc) is 2.16. The molecule has 0 saturated heterocycles. The SMILES string of the molecule is COc1ccc(C(N)CC(=O)O)c(O)c1.